The maximum Gasteiger partial charge on any atom is 0.251 e. The van der Waals surface area contributed by atoms with Crippen LogP contribution >= 0.6 is 11.3 Å². The quantitative estimate of drug-likeness (QED) is 0.767. The van der Waals surface area contributed by atoms with E-state index in [0.717, 1.165) is 11.3 Å². The number of hydrogen-bond acceptors (Lipinski definition) is 3. The number of carbonyl (C=O) groups is 1. The van der Waals surface area contributed by atoms with E-state index in [1.807, 2.05) is 54.8 Å². The number of benzene rings is 1. The molecule has 0 aliphatic carbocycles. The van der Waals surface area contributed by atoms with Crippen LogP contribution in [0.25, 0.3) is 0 Å². The highest BCUT2D eigenvalue weighted by molar-refractivity contribution is 7.10. The van der Waals surface area contributed by atoms with Crippen molar-refractivity contribution in [2.45, 2.75) is 12.8 Å². The van der Waals surface area contributed by atoms with Crippen molar-refractivity contribution < 1.29 is 9.21 Å². The summed E-state index contributed by atoms with van der Waals surface area (Å²) in [6.07, 6.45) is 1.67. The Labute approximate surface area is 133 Å². The van der Waals surface area contributed by atoms with E-state index < -0.39 is 0 Å². The smallest absolute Gasteiger partial charge is 0.251 e. The molecule has 22 heavy (non-hydrogen) atoms. The Hall–Kier alpha value is -2.33. The number of rotatable bonds is 5. The molecule has 0 unspecified atom stereocenters. The summed E-state index contributed by atoms with van der Waals surface area (Å²) in [5, 5.41) is 5.06. The maximum absolute atomic E-state index is 12.4. The van der Waals surface area contributed by atoms with Gasteiger partial charge in [-0.3, -0.25) is 4.79 Å². The minimum atomic E-state index is -0.0498. The minimum absolute atomic E-state index is 0.0444. The highest BCUT2D eigenvalue weighted by atomic mass is 32.1. The first-order valence-electron chi connectivity index (χ1n) is 7.16. The highest BCUT2D eigenvalue weighted by Gasteiger charge is 2.19. The summed E-state index contributed by atoms with van der Waals surface area (Å²) in [5.74, 6) is 0.863. The summed E-state index contributed by atoms with van der Waals surface area (Å²) in [5.41, 5.74) is 1.69. The van der Waals surface area contributed by atoms with Gasteiger partial charge in [-0.25, -0.2) is 0 Å². The first kappa shape index (κ1) is 14.6. The standard InChI is InChI=1S/C18H17NO2S/c1-13-6-2-3-7-14(13)18(20)19-12-15(16-8-4-10-21-16)17-9-5-11-22-17/h2-11,15H,12H2,1H3,(H,19,20)/t15-/m0/s1. The number of amides is 1. The van der Waals surface area contributed by atoms with Gasteiger partial charge in [-0.1, -0.05) is 24.3 Å². The van der Waals surface area contributed by atoms with E-state index in [1.54, 1.807) is 17.6 Å². The fourth-order valence-corrected chi connectivity index (χ4v) is 3.27. The molecule has 1 amide bonds. The number of hydrogen-bond donors (Lipinski definition) is 1. The molecule has 0 aliphatic rings. The molecule has 1 N–H and O–H groups in total. The Balaban J connectivity index is 1.75. The van der Waals surface area contributed by atoms with Crippen molar-refractivity contribution in [2.24, 2.45) is 0 Å². The lowest BCUT2D eigenvalue weighted by molar-refractivity contribution is 0.0951. The van der Waals surface area contributed by atoms with E-state index in [4.69, 9.17) is 4.42 Å². The van der Waals surface area contributed by atoms with Crippen LogP contribution in [0.1, 0.15) is 32.5 Å². The van der Waals surface area contributed by atoms with E-state index in [-0.39, 0.29) is 11.8 Å². The molecule has 4 heteroatoms. The van der Waals surface area contributed by atoms with Crippen molar-refractivity contribution in [1.29, 1.82) is 0 Å². The van der Waals surface area contributed by atoms with Crippen LogP contribution in [0.15, 0.2) is 64.6 Å². The average molecular weight is 311 g/mol. The lowest BCUT2D eigenvalue weighted by Gasteiger charge is -2.15. The van der Waals surface area contributed by atoms with E-state index in [0.29, 0.717) is 12.1 Å². The summed E-state index contributed by atoms with van der Waals surface area (Å²) in [4.78, 5) is 13.6. The molecule has 2 heterocycles. The second kappa shape index (κ2) is 6.62. The maximum atomic E-state index is 12.4. The van der Waals surface area contributed by atoms with Gasteiger partial charge in [-0.15, -0.1) is 11.3 Å². The van der Waals surface area contributed by atoms with Crippen LogP contribution < -0.4 is 5.32 Å². The first-order chi connectivity index (χ1) is 10.8. The van der Waals surface area contributed by atoms with E-state index >= 15 is 0 Å². The third-order valence-corrected chi connectivity index (χ3v) is 4.62. The van der Waals surface area contributed by atoms with Gasteiger partial charge in [0.1, 0.15) is 5.76 Å². The average Bonchev–Trinajstić information content (AvgIpc) is 3.21. The Morgan fingerprint density at radius 3 is 2.73 bits per heavy atom. The second-order valence-electron chi connectivity index (χ2n) is 5.11. The molecule has 0 saturated heterocycles. The van der Waals surface area contributed by atoms with Crippen LogP contribution in [0.2, 0.25) is 0 Å². The third-order valence-electron chi connectivity index (χ3n) is 3.63. The number of thiophene rings is 1. The molecule has 1 aromatic carbocycles. The van der Waals surface area contributed by atoms with Gasteiger partial charge in [0, 0.05) is 17.0 Å². The molecular weight excluding hydrogens is 294 g/mol. The lowest BCUT2D eigenvalue weighted by Crippen LogP contribution is -2.29. The summed E-state index contributed by atoms with van der Waals surface area (Å²) in [6, 6.07) is 15.5. The van der Waals surface area contributed by atoms with Crippen LogP contribution in [0.3, 0.4) is 0 Å². The molecule has 0 bridgehead atoms. The number of furan rings is 1. The van der Waals surface area contributed by atoms with Crippen molar-refractivity contribution in [3.63, 3.8) is 0 Å². The summed E-state index contributed by atoms with van der Waals surface area (Å²) < 4.78 is 5.54. The van der Waals surface area contributed by atoms with Crippen molar-refractivity contribution >= 4 is 17.2 Å². The van der Waals surface area contributed by atoms with Crippen LogP contribution in [0.5, 0.6) is 0 Å². The van der Waals surface area contributed by atoms with Crippen molar-refractivity contribution in [2.75, 3.05) is 6.54 Å². The van der Waals surface area contributed by atoms with E-state index in [9.17, 15) is 4.79 Å². The van der Waals surface area contributed by atoms with Gasteiger partial charge in [0.15, 0.2) is 0 Å². The topological polar surface area (TPSA) is 42.2 Å². The Kier molecular flexibility index (Phi) is 4.39. The van der Waals surface area contributed by atoms with Crippen molar-refractivity contribution in [3.8, 4) is 0 Å². The molecular formula is C18H17NO2S. The zero-order valence-electron chi connectivity index (χ0n) is 12.3. The summed E-state index contributed by atoms with van der Waals surface area (Å²) in [7, 11) is 0. The molecule has 3 aromatic rings. The van der Waals surface area contributed by atoms with Gasteiger partial charge >= 0.3 is 0 Å². The zero-order valence-corrected chi connectivity index (χ0v) is 13.1. The predicted molar refractivity (Wildman–Crippen MR) is 88.4 cm³/mol. The number of aryl methyl sites for hydroxylation is 1. The SMILES string of the molecule is Cc1ccccc1C(=O)NC[C@@H](c1ccco1)c1cccs1. The highest BCUT2D eigenvalue weighted by Crippen LogP contribution is 2.28. The molecule has 3 nitrogen and oxygen atoms in total. The summed E-state index contributed by atoms with van der Waals surface area (Å²) >= 11 is 1.67. The number of nitrogens with one attached hydrogen (secondary N) is 1. The molecule has 1 atom stereocenters. The van der Waals surface area contributed by atoms with Gasteiger partial charge < -0.3 is 9.73 Å². The van der Waals surface area contributed by atoms with Crippen LogP contribution in [0.4, 0.5) is 0 Å². The van der Waals surface area contributed by atoms with Gasteiger partial charge in [0.05, 0.1) is 12.2 Å². The molecule has 112 valence electrons. The Bertz CT molecular complexity index is 698. The monoisotopic (exact) mass is 311 g/mol. The molecule has 0 spiro atoms. The summed E-state index contributed by atoms with van der Waals surface area (Å²) in [6.45, 7) is 2.46. The van der Waals surface area contributed by atoms with E-state index in [2.05, 4.69) is 11.4 Å². The zero-order chi connectivity index (χ0) is 15.4. The molecule has 0 radical (unpaired) electrons. The molecule has 0 aliphatic heterocycles. The van der Waals surface area contributed by atoms with E-state index in [1.165, 1.54) is 4.88 Å². The molecule has 0 saturated carbocycles. The van der Waals surface area contributed by atoms with Crippen LogP contribution in [0, 0.1) is 6.92 Å². The van der Waals surface area contributed by atoms with Gasteiger partial charge in [-0.2, -0.15) is 0 Å². The fourth-order valence-electron chi connectivity index (χ4n) is 2.44. The lowest BCUT2D eigenvalue weighted by atomic mass is 10.0. The molecule has 2 aromatic heterocycles. The van der Waals surface area contributed by atoms with Crippen molar-refractivity contribution in [3.05, 3.63) is 81.9 Å². The van der Waals surface area contributed by atoms with Crippen LogP contribution in [-0.4, -0.2) is 12.5 Å². The molecule has 0 fully saturated rings. The van der Waals surface area contributed by atoms with Crippen molar-refractivity contribution in [1.82, 2.24) is 5.32 Å². The van der Waals surface area contributed by atoms with Gasteiger partial charge in [0.25, 0.3) is 5.91 Å². The normalized spacial score (nSPS) is 12.0. The van der Waals surface area contributed by atoms with Crippen LogP contribution in [-0.2, 0) is 0 Å². The predicted octanol–water partition coefficient (Wildman–Crippen LogP) is 4.21. The Morgan fingerprint density at radius 2 is 2.05 bits per heavy atom. The molecule has 3 rings (SSSR count). The third kappa shape index (κ3) is 3.12. The van der Waals surface area contributed by atoms with Gasteiger partial charge in [0.2, 0.25) is 0 Å². The second-order valence-corrected chi connectivity index (χ2v) is 6.09. The first-order valence-corrected chi connectivity index (χ1v) is 8.04. The number of carbonyl (C=O) groups excluding carboxylic acids is 1. The Morgan fingerprint density at radius 1 is 1.18 bits per heavy atom. The largest absolute Gasteiger partial charge is 0.469 e. The fraction of sp³-hybridized carbons (Fsp3) is 0.167. The minimum Gasteiger partial charge on any atom is -0.469 e. The van der Waals surface area contributed by atoms with Gasteiger partial charge in [-0.05, 0) is 42.1 Å².